The molecule has 0 amide bonds. The molecule has 0 saturated carbocycles. The lowest BCUT2D eigenvalue weighted by atomic mass is 10.0. The highest BCUT2D eigenvalue weighted by atomic mass is 79.9. The Labute approximate surface area is 172 Å². The molecule has 1 aromatic heterocycles. The Morgan fingerprint density at radius 1 is 0.852 bits per heavy atom. The first-order valence-electron chi connectivity index (χ1n) is 8.72. The Morgan fingerprint density at radius 2 is 1.52 bits per heavy atom. The van der Waals surface area contributed by atoms with Gasteiger partial charge in [0.1, 0.15) is 5.82 Å². The number of aryl methyl sites for hydroxylation is 2. The molecule has 0 spiro atoms. The van der Waals surface area contributed by atoms with Gasteiger partial charge in [0.05, 0.1) is 10.5 Å². The fraction of sp³-hybridized carbons (Fsp3) is 0.0870. The summed E-state index contributed by atoms with van der Waals surface area (Å²) >= 11 is 10.6. The number of para-hydroxylation sites is 2. The van der Waals surface area contributed by atoms with Crippen LogP contribution < -0.4 is 5.32 Å². The van der Waals surface area contributed by atoms with Crippen molar-refractivity contribution in [2.24, 2.45) is 0 Å². The third-order valence-electron chi connectivity index (χ3n) is 4.70. The summed E-state index contributed by atoms with van der Waals surface area (Å²) in [5.41, 5.74) is 6.16. The molecule has 4 aromatic rings. The number of hydrogen-bond acceptors (Lipinski definition) is 2. The average molecular weight is 438 g/mol. The Bertz CT molecular complexity index is 1130. The monoisotopic (exact) mass is 436 g/mol. The zero-order valence-electron chi connectivity index (χ0n) is 15.1. The summed E-state index contributed by atoms with van der Waals surface area (Å²) in [5, 5.41) is 5.19. The number of fused-ring (bicyclic) bond motifs is 1. The summed E-state index contributed by atoms with van der Waals surface area (Å²) in [6.07, 6.45) is 0. The summed E-state index contributed by atoms with van der Waals surface area (Å²) in [6.45, 7) is 4.19. The molecular weight excluding hydrogens is 420 g/mol. The third-order valence-corrected chi connectivity index (χ3v) is 5.78. The zero-order chi connectivity index (χ0) is 19.0. The van der Waals surface area contributed by atoms with E-state index in [9.17, 15) is 0 Å². The van der Waals surface area contributed by atoms with Crippen LogP contribution in [0.3, 0.4) is 0 Å². The first kappa shape index (κ1) is 18.0. The van der Waals surface area contributed by atoms with Gasteiger partial charge < -0.3 is 5.32 Å². The lowest BCUT2D eigenvalue weighted by molar-refractivity contribution is 1.31. The largest absolute Gasteiger partial charge is 0.339 e. The van der Waals surface area contributed by atoms with Crippen molar-refractivity contribution < 1.29 is 0 Å². The van der Waals surface area contributed by atoms with Gasteiger partial charge in [0.2, 0.25) is 0 Å². The minimum Gasteiger partial charge on any atom is -0.339 e. The van der Waals surface area contributed by atoms with Crippen LogP contribution in [0, 0.1) is 13.8 Å². The molecule has 4 rings (SSSR count). The molecule has 0 saturated heterocycles. The quantitative estimate of drug-likeness (QED) is 0.355. The van der Waals surface area contributed by atoms with Gasteiger partial charge in [-0.15, -0.1) is 0 Å². The van der Waals surface area contributed by atoms with Crippen molar-refractivity contribution in [2.45, 2.75) is 13.8 Å². The standard InChI is InChI=1S/C23H18BrClN2/c1-14-8-7-9-15(2)22(14)27-23-20(16-10-3-5-12-18(16)24)21(25)17-11-4-6-13-19(17)26-23/h3-13H,1-2H3,(H,26,27). The van der Waals surface area contributed by atoms with E-state index < -0.39 is 0 Å². The number of halogens is 2. The van der Waals surface area contributed by atoms with Crippen LogP contribution in [0.4, 0.5) is 11.5 Å². The molecule has 0 aliphatic heterocycles. The van der Waals surface area contributed by atoms with Gasteiger partial charge in [-0.3, -0.25) is 0 Å². The van der Waals surface area contributed by atoms with Crippen LogP contribution in [0.15, 0.2) is 71.2 Å². The average Bonchev–Trinajstić information content (AvgIpc) is 2.66. The van der Waals surface area contributed by atoms with Crippen molar-refractivity contribution >= 4 is 49.9 Å². The van der Waals surface area contributed by atoms with E-state index >= 15 is 0 Å². The van der Waals surface area contributed by atoms with E-state index in [2.05, 4.69) is 59.4 Å². The van der Waals surface area contributed by atoms with Gasteiger partial charge in [-0.1, -0.05) is 82.1 Å². The molecule has 2 nitrogen and oxygen atoms in total. The first-order valence-corrected chi connectivity index (χ1v) is 9.89. The number of nitrogens with zero attached hydrogens (tertiary/aromatic N) is 1. The molecule has 27 heavy (non-hydrogen) atoms. The molecule has 1 N–H and O–H groups in total. The lowest BCUT2D eigenvalue weighted by Gasteiger charge is -2.18. The summed E-state index contributed by atoms with van der Waals surface area (Å²) in [7, 11) is 0. The van der Waals surface area contributed by atoms with Crippen LogP contribution in [0.2, 0.25) is 5.02 Å². The number of pyridine rings is 1. The maximum absolute atomic E-state index is 6.90. The second kappa shape index (κ2) is 7.34. The fourth-order valence-electron chi connectivity index (χ4n) is 3.30. The second-order valence-corrected chi connectivity index (χ2v) is 7.77. The first-order chi connectivity index (χ1) is 13.1. The molecule has 0 radical (unpaired) electrons. The van der Waals surface area contributed by atoms with Gasteiger partial charge in [-0.25, -0.2) is 4.98 Å². The SMILES string of the molecule is Cc1cccc(C)c1Nc1nc2ccccc2c(Cl)c1-c1ccccc1Br. The van der Waals surface area contributed by atoms with Crippen LogP contribution in [0.1, 0.15) is 11.1 Å². The molecule has 0 aliphatic rings. The van der Waals surface area contributed by atoms with Gasteiger partial charge >= 0.3 is 0 Å². The van der Waals surface area contributed by atoms with Crippen molar-refractivity contribution in [1.29, 1.82) is 0 Å². The number of rotatable bonds is 3. The van der Waals surface area contributed by atoms with Crippen molar-refractivity contribution in [2.75, 3.05) is 5.32 Å². The number of benzene rings is 3. The minimum absolute atomic E-state index is 0.696. The van der Waals surface area contributed by atoms with Gasteiger partial charge in [0, 0.05) is 26.7 Å². The van der Waals surface area contributed by atoms with Crippen LogP contribution in [0.5, 0.6) is 0 Å². The predicted molar refractivity (Wildman–Crippen MR) is 119 cm³/mol. The predicted octanol–water partition coefficient (Wildman–Crippen LogP) is 7.68. The molecule has 0 aliphatic carbocycles. The molecule has 4 heteroatoms. The minimum atomic E-state index is 0.696. The Balaban J connectivity index is 2.01. The van der Waals surface area contributed by atoms with Crippen molar-refractivity contribution in [1.82, 2.24) is 4.98 Å². The van der Waals surface area contributed by atoms with Gasteiger partial charge in [0.15, 0.2) is 0 Å². The van der Waals surface area contributed by atoms with E-state index in [4.69, 9.17) is 16.6 Å². The Morgan fingerprint density at radius 3 is 2.26 bits per heavy atom. The zero-order valence-corrected chi connectivity index (χ0v) is 17.4. The number of nitrogens with one attached hydrogen (secondary N) is 1. The molecule has 0 fully saturated rings. The summed E-state index contributed by atoms with van der Waals surface area (Å²) in [4.78, 5) is 4.91. The smallest absolute Gasteiger partial charge is 0.140 e. The maximum atomic E-state index is 6.90. The highest BCUT2D eigenvalue weighted by Crippen LogP contribution is 2.42. The fourth-order valence-corrected chi connectivity index (χ4v) is 4.14. The number of anilines is 2. The Hall–Kier alpha value is -2.36. The van der Waals surface area contributed by atoms with E-state index in [1.807, 2.05) is 42.5 Å². The lowest BCUT2D eigenvalue weighted by Crippen LogP contribution is -2.02. The third kappa shape index (κ3) is 3.33. The Kier molecular flexibility index (Phi) is 4.90. The molecule has 134 valence electrons. The van der Waals surface area contributed by atoms with Crippen molar-refractivity contribution in [3.63, 3.8) is 0 Å². The molecule has 0 atom stereocenters. The molecule has 0 unspecified atom stereocenters. The molecule has 3 aromatic carbocycles. The van der Waals surface area contributed by atoms with Crippen LogP contribution in [-0.4, -0.2) is 4.98 Å². The van der Waals surface area contributed by atoms with Gasteiger partial charge in [-0.05, 0) is 37.1 Å². The van der Waals surface area contributed by atoms with E-state index in [0.29, 0.717) is 5.02 Å². The molecule has 1 heterocycles. The summed E-state index contributed by atoms with van der Waals surface area (Å²) in [6, 6.07) is 22.3. The second-order valence-electron chi connectivity index (χ2n) is 6.54. The van der Waals surface area contributed by atoms with Gasteiger partial charge in [-0.2, -0.15) is 0 Å². The van der Waals surface area contributed by atoms with E-state index in [0.717, 1.165) is 38.0 Å². The normalized spacial score (nSPS) is 11.0. The molecular formula is C23H18BrClN2. The van der Waals surface area contributed by atoms with Gasteiger partial charge in [0.25, 0.3) is 0 Å². The van der Waals surface area contributed by atoms with Crippen LogP contribution in [-0.2, 0) is 0 Å². The van der Waals surface area contributed by atoms with E-state index in [1.54, 1.807) is 0 Å². The summed E-state index contributed by atoms with van der Waals surface area (Å²) in [5.74, 6) is 0.753. The topological polar surface area (TPSA) is 24.9 Å². The van der Waals surface area contributed by atoms with E-state index in [-0.39, 0.29) is 0 Å². The maximum Gasteiger partial charge on any atom is 0.140 e. The van der Waals surface area contributed by atoms with Crippen molar-refractivity contribution in [3.8, 4) is 11.1 Å². The highest BCUT2D eigenvalue weighted by Gasteiger charge is 2.18. The number of hydrogen-bond donors (Lipinski definition) is 1. The van der Waals surface area contributed by atoms with Crippen molar-refractivity contribution in [3.05, 3.63) is 87.4 Å². The van der Waals surface area contributed by atoms with E-state index in [1.165, 1.54) is 11.1 Å². The van der Waals surface area contributed by atoms with Crippen LogP contribution >= 0.6 is 27.5 Å². The molecule has 0 bridgehead atoms. The van der Waals surface area contributed by atoms with Crippen LogP contribution in [0.25, 0.3) is 22.0 Å². The highest BCUT2D eigenvalue weighted by molar-refractivity contribution is 9.10. The summed E-state index contributed by atoms with van der Waals surface area (Å²) < 4.78 is 0.980. The number of aromatic nitrogens is 1.